The lowest BCUT2D eigenvalue weighted by Gasteiger charge is -2.31. The Morgan fingerprint density at radius 3 is 2.57 bits per heavy atom. The summed E-state index contributed by atoms with van der Waals surface area (Å²) in [4.78, 5) is 14.4. The van der Waals surface area contributed by atoms with Crippen molar-refractivity contribution in [3.63, 3.8) is 0 Å². The molecule has 0 saturated carbocycles. The number of nitrogens with zero attached hydrogens (tertiary/aromatic N) is 1. The van der Waals surface area contributed by atoms with Crippen LogP contribution in [0, 0.1) is 0 Å². The van der Waals surface area contributed by atoms with Crippen LogP contribution < -0.4 is 10.2 Å². The van der Waals surface area contributed by atoms with Gasteiger partial charge in [-0.1, -0.05) is 13.3 Å². The number of carbonyl (C=O) groups excluding carboxylic acids is 1. The van der Waals surface area contributed by atoms with Crippen LogP contribution in [-0.2, 0) is 0 Å². The van der Waals surface area contributed by atoms with Gasteiger partial charge in [0.05, 0.1) is 5.60 Å². The predicted molar refractivity (Wildman–Crippen MR) is 98.5 cm³/mol. The van der Waals surface area contributed by atoms with Gasteiger partial charge in [0.2, 0.25) is 0 Å². The van der Waals surface area contributed by atoms with Crippen molar-refractivity contribution in [1.82, 2.24) is 5.32 Å². The average Bonchev–Trinajstić information content (AvgIpc) is 2.58. The van der Waals surface area contributed by atoms with Gasteiger partial charge in [-0.2, -0.15) is 11.8 Å². The van der Waals surface area contributed by atoms with Crippen LogP contribution in [0.15, 0.2) is 24.3 Å². The molecule has 0 aliphatic carbocycles. The standard InChI is InChI=1S/C18H28N2O2S/c1-3-4-11-20(2)16-7-5-15(6-8-16)17(21)19-14-18(22)9-12-23-13-10-18/h5-8,22H,3-4,9-14H2,1-2H3,(H,19,21). The lowest BCUT2D eigenvalue weighted by atomic mass is 9.97. The summed E-state index contributed by atoms with van der Waals surface area (Å²) in [6.07, 6.45) is 3.83. The zero-order valence-electron chi connectivity index (χ0n) is 14.2. The van der Waals surface area contributed by atoms with Crippen molar-refractivity contribution in [2.45, 2.75) is 38.2 Å². The SMILES string of the molecule is CCCCN(C)c1ccc(C(=O)NCC2(O)CCSCC2)cc1. The number of aliphatic hydroxyl groups is 1. The number of nitrogens with one attached hydrogen (secondary N) is 1. The highest BCUT2D eigenvalue weighted by atomic mass is 32.2. The predicted octanol–water partition coefficient (Wildman–Crippen LogP) is 2.91. The van der Waals surface area contributed by atoms with Gasteiger partial charge in [-0.05, 0) is 55.0 Å². The van der Waals surface area contributed by atoms with E-state index in [2.05, 4.69) is 24.2 Å². The van der Waals surface area contributed by atoms with Crippen LogP contribution in [0.4, 0.5) is 5.69 Å². The Morgan fingerprint density at radius 1 is 1.30 bits per heavy atom. The minimum Gasteiger partial charge on any atom is -0.388 e. The summed E-state index contributed by atoms with van der Waals surface area (Å²) < 4.78 is 0. The third kappa shape index (κ3) is 5.43. The van der Waals surface area contributed by atoms with E-state index in [1.807, 2.05) is 36.0 Å². The van der Waals surface area contributed by atoms with E-state index in [9.17, 15) is 9.90 Å². The van der Waals surface area contributed by atoms with E-state index in [1.165, 1.54) is 6.42 Å². The summed E-state index contributed by atoms with van der Waals surface area (Å²) in [7, 11) is 2.07. The van der Waals surface area contributed by atoms with Gasteiger partial charge >= 0.3 is 0 Å². The quantitative estimate of drug-likeness (QED) is 0.804. The molecule has 0 bridgehead atoms. The van der Waals surface area contributed by atoms with Gasteiger partial charge in [0.25, 0.3) is 5.91 Å². The fourth-order valence-corrected chi connectivity index (χ4v) is 3.92. The van der Waals surface area contributed by atoms with Crippen molar-refractivity contribution in [3.05, 3.63) is 29.8 Å². The summed E-state index contributed by atoms with van der Waals surface area (Å²) in [6.45, 7) is 3.54. The molecule has 1 fully saturated rings. The molecule has 1 amide bonds. The summed E-state index contributed by atoms with van der Waals surface area (Å²) in [5, 5.41) is 13.3. The van der Waals surface area contributed by atoms with Crippen LogP contribution >= 0.6 is 11.8 Å². The summed E-state index contributed by atoms with van der Waals surface area (Å²) in [6, 6.07) is 7.68. The zero-order chi connectivity index (χ0) is 16.7. The highest BCUT2D eigenvalue weighted by Gasteiger charge is 2.29. The first-order valence-corrected chi connectivity index (χ1v) is 9.59. The number of rotatable bonds is 7. The fraction of sp³-hybridized carbons (Fsp3) is 0.611. The molecule has 5 heteroatoms. The first-order valence-electron chi connectivity index (χ1n) is 8.43. The molecule has 128 valence electrons. The van der Waals surface area contributed by atoms with Gasteiger partial charge < -0.3 is 15.3 Å². The molecule has 1 saturated heterocycles. The van der Waals surface area contributed by atoms with Crippen molar-refractivity contribution in [2.24, 2.45) is 0 Å². The van der Waals surface area contributed by atoms with Gasteiger partial charge in [0.15, 0.2) is 0 Å². The van der Waals surface area contributed by atoms with Gasteiger partial charge in [0, 0.05) is 31.4 Å². The van der Waals surface area contributed by atoms with Crippen LogP contribution in [0.3, 0.4) is 0 Å². The van der Waals surface area contributed by atoms with Crippen molar-refractivity contribution in [1.29, 1.82) is 0 Å². The number of thioether (sulfide) groups is 1. The number of benzene rings is 1. The lowest BCUT2D eigenvalue weighted by molar-refractivity contribution is 0.0311. The summed E-state index contributed by atoms with van der Waals surface area (Å²) >= 11 is 1.86. The number of anilines is 1. The Kier molecular flexibility index (Phi) is 6.78. The smallest absolute Gasteiger partial charge is 0.251 e. The Balaban J connectivity index is 1.87. The maximum Gasteiger partial charge on any atom is 0.251 e. The van der Waals surface area contributed by atoms with Gasteiger partial charge in [-0.3, -0.25) is 4.79 Å². The van der Waals surface area contributed by atoms with E-state index in [4.69, 9.17) is 0 Å². The first kappa shape index (κ1) is 18.1. The summed E-state index contributed by atoms with van der Waals surface area (Å²) in [5.41, 5.74) is 1.03. The largest absolute Gasteiger partial charge is 0.388 e. The number of hydrogen-bond acceptors (Lipinski definition) is 4. The van der Waals surface area contributed by atoms with E-state index in [-0.39, 0.29) is 5.91 Å². The van der Waals surface area contributed by atoms with Crippen molar-refractivity contribution >= 4 is 23.4 Å². The van der Waals surface area contributed by atoms with Crippen LogP contribution in [0.2, 0.25) is 0 Å². The second-order valence-electron chi connectivity index (χ2n) is 6.34. The van der Waals surface area contributed by atoms with Gasteiger partial charge in [-0.25, -0.2) is 0 Å². The Hall–Kier alpha value is -1.20. The Labute approximate surface area is 143 Å². The van der Waals surface area contributed by atoms with Crippen molar-refractivity contribution in [3.8, 4) is 0 Å². The molecule has 0 radical (unpaired) electrons. The van der Waals surface area contributed by atoms with Crippen LogP contribution in [-0.4, -0.2) is 48.3 Å². The molecule has 0 atom stereocenters. The Bertz CT molecular complexity index is 498. The Morgan fingerprint density at radius 2 is 1.96 bits per heavy atom. The second kappa shape index (κ2) is 8.60. The second-order valence-corrected chi connectivity index (χ2v) is 7.57. The van der Waals surface area contributed by atoms with Crippen LogP contribution in [0.25, 0.3) is 0 Å². The zero-order valence-corrected chi connectivity index (χ0v) is 15.0. The molecule has 1 aliphatic heterocycles. The third-order valence-corrected chi connectivity index (χ3v) is 5.40. The summed E-state index contributed by atoms with van der Waals surface area (Å²) in [5.74, 6) is 1.82. The van der Waals surface area contributed by atoms with E-state index < -0.39 is 5.60 Å². The van der Waals surface area contributed by atoms with Gasteiger partial charge in [0.1, 0.15) is 0 Å². The molecule has 0 spiro atoms. The fourth-order valence-electron chi connectivity index (χ4n) is 2.67. The topological polar surface area (TPSA) is 52.6 Å². The first-order chi connectivity index (χ1) is 11.0. The molecule has 1 aromatic carbocycles. The minimum atomic E-state index is -0.735. The molecule has 1 heterocycles. The van der Waals surface area contributed by atoms with E-state index in [0.717, 1.165) is 43.0 Å². The molecule has 23 heavy (non-hydrogen) atoms. The highest BCUT2D eigenvalue weighted by molar-refractivity contribution is 7.99. The van der Waals surface area contributed by atoms with E-state index in [0.29, 0.717) is 12.1 Å². The molecule has 1 aliphatic rings. The van der Waals surface area contributed by atoms with Crippen LogP contribution in [0.5, 0.6) is 0 Å². The maximum atomic E-state index is 12.2. The maximum absolute atomic E-state index is 12.2. The molecule has 1 aromatic rings. The minimum absolute atomic E-state index is 0.112. The number of hydrogen-bond donors (Lipinski definition) is 2. The molecule has 0 unspecified atom stereocenters. The monoisotopic (exact) mass is 336 g/mol. The normalized spacial score (nSPS) is 16.8. The molecule has 2 N–H and O–H groups in total. The lowest BCUT2D eigenvalue weighted by Crippen LogP contribution is -2.45. The molecule has 4 nitrogen and oxygen atoms in total. The van der Waals surface area contributed by atoms with Crippen LogP contribution in [0.1, 0.15) is 43.0 Å². The number of unbranched alkanes of at least 4 members (excludes halogenated alkanes) is 1. The van der Waals surface area contributed by atoms with Crippen molar-refractivity contribution in [2.75, 3.05) is 36.5 Å². The highest BCUT2D eigenvalue weighted by Crippen LogP contribution is 2.26. The number of carbonyl (C=O) groups is 1. The van der Waals surface area contributed by atoms with E-state index in [1.54, 1.807) is 0 Å². The molecule has 0 aromatic heterocycles. The molecular weight excluding hydrogens is 308 g/mol. The molecular formula is C18H28N2O2S. The van der Waals surface area contributed by atoms with Gasteiger partial charge in [-0.15, -0.1) is 0 Å². The molecule has 2 rings (SSSR count). The number of amides is 1. The third-order valence-electron chi connectivity index (χ3n) is 4.42. The average molecular weight is 337 g/mol. The van der Waals surface area contributed by atoms with E-state index >= 15 is 0 Å². The van der Waals surface area contributed by atoms with Crippen molar-refractivity contribution < 1.29 is 9.90 Å².